The summed E-state index contributed by atoms with van der Waals surface area (Å²) in [4.78, 5) is 30.0. The number of rotatable bonds is 23. The molecule has 1 atom stereocenters. The van der Waals surface area contributed by atoms with Crippen LogP contribution < -0.4 is 0 Å². The van der Waals surface area contributed by atoms with Crippen LogP contribution in [-0.2, 0) is 80.5 Å². The Hall–Kier alpha value is -7.00. The van der Waals surface area contributed by atoms with Crippen molar-refractivity contribution in [3.63, 3.8) is 0 Å². The molecule has 13 nitrogen and oxygen atoms in total. The van der Waals surface area contributed by atoms with Crippen molar-refractivity contribution in [2.24, 2.45) is 28.2 Å². The molecule has 73 heavy (non-hydrogen) atoms. The van der Waals surface area contributed by atoms with Gasteiger partial charge in [0.05, 0.1) is 76.9 Å². The number of benzene rings is 6. The minimum Gasteiger partial charge on any atom is -0.395 e. The van der Waals surface area contributed by atoms with Crippen LogP contribution in [0.1, 0.15) is 64.8 Å². The maximum atomic E-state index is 10.8. The van der Waals surface area contributed by atoms with Gasteiger partial charge in [0.25, 0.3) is 0 Å². The lowest BCUT2D eigenvalue weighted by Crippen LogP contribution is -2.35. The highest BCUT2D eigenvalue weighted by Gasteiger charge is 2.22. The number of unbranched alkanes of at least 4 members (excludes halogenated alkanes) is 1. The second-order valence-corrected chi connectivity index (χ2v) is 20.1. The van der Waals surface area contributed by atoms with Gasteiger partial charge in [-0.05, 0) is 104 Å². The Kier molecular flexibility index (Phi) is 15.2. The Morgan fingerprint density at radius 3 is 1.05 bits per heavy atom. The molecule has 0 amide bonds. The summed E-state index contributed by atoms with van der Waals surface area (Å²) in [6.07, 6.45) is 2.99. The summed E-state index contributed by atoms with van der Waals surface area (Å²) in [6, 6.07) is 51.2. The monoisotopic (exact) mass is 975 g/mol. The molecule has 0 saturated heterocycles. The van der Waals surface area contributed by atoms with Gasteiger partial charge < -0.3 is 28.3 Å². The lowest BCUT2D eigenvalue weighted by molar-refractivity contribution is 0.130. The molecule has 6 aromatic carbocycles. The molecule has 376 valence electrons. The zero-order valence-electron chi connectivity index (χ0n) is 43.4. The summed E-state index contributed by atoms with van der Waals surface area (Å²) in [5.74, 6) is 4.11. The molecule has 0 aliphatic heterocycles. The fourth-order valence-electron chi connectivity index (χ4n) is 10.7. The van der Waals surface area contributed by atoms with E-state index in [1.165, 1.54) is 22.3 Å². The quantitative estimate of drug-likeness (QED) is 0.0628. The third kappa shape index (κ3) is 11.2. The van der Waals surface area contributed by atoms with E-state index in [-0.39, 0.29) is 12.6 Å². The zero-order chi connectivity index (χ0) is 50.4. The van der Waals surface area contributed by atoms with E-state index in [0.717, 1.165) is 119 Å². The second-order valence-electron chi connectivity index (χ2n) is 20.1. The highest BCUT2D eigenvalue weighted by molar-refractivity contribution is 5.78. The van der Waals surface area contributed by atoms with Crippen molar-refractivity contribution in [3.05, 3.63) is 191 Å². The van der Waals surface area contributed by atoms with Gasteiger partial charge in [0.1, 0.15) is 23.3 Å². The van der Waals surface area contributed by atoms with Gasteiger partial charge in [-0.15, -0.1) is 0 Å². The van der Waals surface area contributed by atoms with E-state index in [2.05, 4.69) is 226 Å². The summed E-state index contributed by atoms with van der Waals surface area (Å²) < 4.78 is 8.88. The van der Waals surface area contributed by atoms with Gasteiger partial charge in [-0.1, -0.05) is 103 Å². The minimum atomic E-state index is 0.0498. The zero-order valence-corrected chi connectivity index (χ0v) is 43.4. The molecule has 10 aromatic rings. The summed E-state index contributed by atoms with van der Waals surface area (Å²) in [5, 5.41) is 10.8. The van der Waals surface area contributed by atoms with Gasteiger partial charge >= 0.3 is 0 Å². The first-order valence-corrected chi connectivity index (χ1v) is 25.8. The van der Waals surface area contributed by atoms with E-state index in [1.807, 2.05) is 0 Å². The van der Waals surface area contributed by atoms with Crippen LogP contribution in [0.15, 0.2) is 146 Å². The van der Waals surface area contributed by atoms with E-state index >= 15 is 0 Å². The molecule has 13 heteroatoms. The fourth-order valence-corrected chi connectivity index (χ4v) is 10.7. The Bertz CT molecular complexity index is 3290. The van der Waals surface area contributed by atoms with Crippen molar-refractivity contribution >= 4 is 44.1 Å². The SMILES string of the molecule is CN(CCCC[C@H](CO)N(C)Cc1ccccc1CN(Cc1nc2ccccc2n1C)Cc1nc2ccccc2n1C)Cc1ccccc1CN(Cc1nc2ccccc2n1C)Cc1nc2ccccc2n1C. The molecule has 4 aromatic heterocycles. The topological polar surface area (TPSA) is 104 Å². The van der Waals surface area contributed by atoms with Gasteiger partial charge in [0, 0.05) is 60.4 Å². The van der Waals surface area contributed by atoms with Crippen LogP contribution in [0.3, 0.4) is 0 Å². The Morgan fingerprint density at radius 1 is 0.397 bits per heavy atom. The van der Waals surface area contributed by atoms with E-state index < -0.39 is 0 Å². The maximum absolute atomic E-state index is 10.8. The number of aliphatic hydroxyl groups excluding tert-OH is 1. The van der Waals surface area contributed by atoms with Crippen LogP contribution in [0.5, 0.6) is 0 Å². The molecular formula is C60H70N12O. The van der Waals surface area contributed by atoms with Gasteiger partial charge in [-0.3, -0.25) is 14.7 Å². The molecule has 0 fully saturated rings. The molecule has 0 aliphatic carbocycles. The first-order chi connectivity index (χ1) is 35.6. The number of nitrogens with zero attached hydrogens (tertiary/aromatic N) is 12. The lowest BCUT2D eigenvalue weighted by Gasteiger charge is -2.29. The number of aliphatic hydroxyl groups is 1. The lowest BCUT2D eigenvalue weighted by atomic mass is 10.0. The average molecular weight is 975 g/mol. The highest BCUT2D eigenvalue weighted by Crippen LogP contribution is 2.26. The summed E-state index contributed by atoms with van der Waals surface area (Å²) in [5.41, 5.74) is 13.8. The Morgan fingerprint density at radius 2 is 0.712 bits per heavy atom. The molecule has 10 rings (SSSR count). The van der Waals surface area contributed by atoms with Crippen molar-refractivity contribution in [1.82, 2.24) is 57.8 Å². The number of fused-ring (bicyclic) bond motifs is 4. The molecule has 4 heterocycles. The van der Waals surface area contributed by atoms with E-state index in [4.69, 9.17) is 19.9 Å². The van der Waals surface area contributed by atoms with Crippen molar-refractivity contribution in [3.8, 4) is 0 Å². The van der Waals surface area contributed by atoms with Crippen LogP contribution >= 0.6 is 0 Å². The normalized spacial score (nSPS) is 12.6. The van der Waals surface area contributed by atoms with E-state index in [1.54, 1.807) is 0 Å². The number of hydrogen-bond acceptors (Lipinski definition) is 9. The summed E-state index contributed by atoms with van der Waals surface area (Å²) in [6.45, 7) is 6.91. The van der Waals surface area contributed by atoms with Gasteiger partial charge in [-0.2, -0.15) is 0 Å². The number of hydrogen-bond donors (Lipinski definition) is 1. The molecule has 0 unspecified atom stereocenters. The standard InChI is InChI=1S/C60H70N12O/c1-65(35-44-21-7-9-23-46(44)37-71(39-57-61-49-26-11-15-30-53(49)67(57)3)40-58-62-50-27-12-16-31-54(50)68(58)4)34-20-19-25-48(43-73)66(2)36-45-22-8-10-24-47(45)38-72(41-59-63-51-28-13-17-32-55(51)69(59)5)42-60-64-52-29-14-18-33-56(52)70(60)6/h7-18,21-24,26-33,48,73H,19-20,25,34-43H2,1-6H3/t48-/m1/s1. The minimum absolute atomic E-state index is 0.0498. The van der Waals surface area contributed by atoms with Crippen molar-refractivity contribution in [1.29, 1.82) is 0 Å². The fraction of sp³-hybridized carbons (Fsp3) is 0.333. The van der Waals surface area contributed by atoms with Crippen LogP contribution in [0.2, 0.25) is 0 Å². The highest BCUT2D eigenvalue weighted by atomic mass is 16.3. The van der Waals surface area contributed by atoms with E-state index in [9.17, 15) is 5.11 Å². The first-order valence-electron chi connectivity index (χ1n) is 25.8. The van der Waals surface area contributed by atoms with E-state index in [0.29, 0.717) is 26.2 Å². The molecule has 0 aliphatic rings. The third-order valence-corrected chi connectivity index (χ3v) is 15.0. The smallest absolute Gasteiger partial charge is 0.123 e. The Labute approximate surface area is 429 Å². The van der Waals surface area contributed by atoms with Crippen LogP contribution in [0, 0.1) is 0 Å². The number of imidazole rings is 4. The Balaban J connectivity index is 0.773. The third-order valence-electron chi connectivity index (χ3n) is 15.0. The van der Waals surface area contributed by atoms with Crippen LogP contribution in [0.4, 0.5) is 0 Å². The van der Waals surface area contributed by atoms with Crippen LogP contribution in [-0.4, -0.2) is 96.2 Å². The van der Waals surface area contributed by atoms with Gasteiger partial charge in [-0.25, -0.2) is 19.9 Å². The number of aryl methyl sites for hydroxylation is 4. The summed E-state index contributed by atoms with van der Waals surface area (Å²) >= 11 is 0. The predicted octanol–water partition coefficient (Wildman–Crippen LogP) is 9.73. The second kappa shape index (κ2) is 22.4. The largest absolute Gasteiger partial charge is 0.395 e. The molecule has 0 saturated carbocycles. The van der Waals surface area contributed by atoms with Crippen molar-refractivity contribution in [2.45, 2.75) is 77.7 Å². The molecule has 0 radical (unpaired) electrons. The van der Waals surface area contributed by atoms with Crippen molar-refractivity contribution in [2.75, 3.05) is 27.2 Å². The summed E-state index contributed by atoms with van der Waals surface area (Å²) in [7, 11) is 12.9. The number of likely N-dealkylation sites (N-methyl/N-ethyl adjacent to an activating group) is 1. The van der Waals surface area contributed by atoms with Crippen LogP contribution in [0.25, 0.3) is 44.1 Å². The average Bonchev–Trinajstić information content (AvgIpc) is 4.11. The van der Waals surface area contributed by atoms with Gasteiger partial charge in [0.2, 0.25) is 0 Å². The maximum Gasteiger partial charge on any atom is 0.123 e. The number of para-hydroxylation sites is 8. The molecule has 0 bridgehead atoms. The first kappa shape index (κ1) is 49.6. The predicted molar refractivity (Wildman–Crippen MR) is 294 cm³/mol. The molecular weight excluding hydrogens is 905 g/mol. The number of aromatic nitrogens is 8. The molecule has 0 spiro atoms. The van der Waals surface area contributed by atoms with Gasteiger partial charge in [0.15, 0.2) is 0 Å². The molecule has 1 N–H and O–H groups in total. The van der Waals surface area contributed by atoms with Crippen molar-refractivity contribution < 1.29 is 5.11 Å².